The number of nitrogens with two attached hydrogens (primary N) is 1. The van der Waals surface area contributed by atoms with E-state index in [4.69, 9.17) is 10.5 Å². The zero-order valence-electron chi connectivity index (χ0n) is 16.7. The number of likely N-dealkylation sites (tertiary alicyclic amines) is 1. The van der Waals surface area contributed by atoms with Crippen molar-refractivity contribution in [3.63, 3.8) is 0 Å². The third-order valence-corrected chi connectivity index (χ3v) is 5.03. The molecular weight excluding hydrogens is 368 g/mol. The second-order valence-corrected chi connectivity index (χ2v) is 7.46. The molecule has 4 N–H and O–H groups in total. The van der Waals surface area contributed by atoms with Gasteiger partial charge in [-0.3, -0.25) is 4.79 Å². The summed E-state index contributed by atoms with van der Waals surface area (Å²) >= 11 is 0. The number of amides is 2. The number of nitrogen functional groups attached to an aromatic ring is 1. The van der Waals surface area contributed by atoms with Gasteiger partial charge in [-0.25, -0.2) is 4.79 Å². The Morgan fingerprint density at radius 3 is 2.66 bits per heavy atom. The summed E-state index contributed by atoms with van der Waals surface area (Å²) in [5.41, 5.74) is 8.34. The second kappa shape index (κ2) is 9.93. The van der Waals surface area contributed by atoms with Crippen LogP contribution in [-0.2, 0) is 11.3 Å². The van der Waals surface area contributed by atoms with Crippen LogP contribution in [0.2, 0.25) is 0 Å². The summed E-state index contributed by atoms with van der Waals surface area (Å²) in [5, 5.41) is 5.54. The van der Waals surface area contributed by atoms with Crippen LogP contribution in [0.3, 0.4) is 0 Å². The molecule has 0 saturated carbocycles. The summed E-state index contributed by atoms with van der Waals surface area (Å²) in [4.78, 5) is 26.5. The predicted molar refractivity (Wildman–Crippen MR) is 114 cm³/mol. The van der Waals surface area contributed by atoms with Gasteiger partial charge < -0.3 is 26.0 Å². The number of carbonyl (C=O) groups excluding carboxylic acids is 2. The highest BCUT2D eigenvalue weighted by Crippen LogP contribution is 2.18. The van der Waals surface area contributed by atoms with Gasteiger partial charge >= 0.3 is 6.09 Å². The van der Waals surface area contributed by atoms with Crippen molar-refractivity contribution in [3.8, 4) is 0 Å². The number of anilines is 2. The fourth-order valence-electron chi connectivity index (χ4n) is 3.41. The molecule has 1 atom stereocenters. The number of hydrogen-bond acceptors (Lipinski definition) is 5. The minimum absolute atomic E-state index is 0.237. The molecule has 1 aliphatic heterocycles. The molecule has 7 nitrogen and oxygen atoms in total. The molecule has 1 fully saturated rings. The average Bonchev–Trinajstić information content (AvgIpc) is 2.73. The average molecular weight is 396 g/mol. The first kappa shape index (κ1) is 20.7. The van der Waals surface area contributed by atoms with Crippen LogP contribution in [0, 0.1) is 5.92 Å². The third kappa shape index (κ3) is 6.22. The fourth-order valence-corrected chi connectivity index (χ4v) is 3.41. The predicted octanol–water partition coefficient (Wildman–Crippen LogP) is 3.09. The van der Waals surface area contributed by atoms with Gasteiger partial charge in [-0.1, -0.05) is 24.3 Å². The molecule has 0 radical (unpaired) electrons. The zero-order valence-corrected chi connectivity index (χ0v) is 16.7. The van der Waals surface area contributed by atoms with E-state index in [0.717, 1.165) is 31.5 Å². The fraction of sp³-hybridized carbons (Fsp3) is 0.364. The van der Waals surface area contributed by atoms with Gasteiger partial charge in [0.05, 0.1) is 18.0 Å². The first-order chi connectivity index (χ1) is 14.0. The van der Waals surface area contributed by atoms with E-state index in [1.165, 1.54) is 0 Å². The Bertz CT molecular complexity index is 838. The Kier molecular flexibility index (Phi) is 7.08. The maximum absolute atomic E-state index is 12.3. The highest BCUT2D eigenvalue weighted by atomic mass is 16.5. The minimum atomic E-state index is -0.417. The van der Waals surface area contributed by atoms with Crippen LogP contribution in [0.25, 0.3) is 0 Å². The van der Waals surface area contributed by atoms with Crippen LogP contribution < -0.4 is 16.4 Å². The van der Waals surface area contributed by atoms with Gasteiger partial charge in [0.25, 0.3) is 5.91 Å². The summed E-state index contributed by atoms with van der Waals surface area (Å²) in [6.45, 7) is 2.86. The van der Waals surface area contributed by atoms with Crippen LogP contribution in [-0.4, -0.2) is 43.6 Å². The molecule has 0 aliphatic carbocycles. The minimum Gasteiger partial charge on any atom is -0.449 e. The molecule has 1 heterocycles. The molecule has 0 aromatic heterocycles. The van der Waals surface area contributed by atoms with E-state index in [-0.39, 0.29) is 5.91 Å². The maximum Gasteiger partial charge on any atom is 0.407 e. The SMILES string of the molecule is CN1CCCC(COC(=O)NCc2ccc(C(=O)Nc3ccccc3N)cc2)C1. The van der Waals surface area contributed by atoms with E-state index >= 15 is 0 Å². The Labute approximate surface area is 171 Å². The molecule has 0 spiro atoms. The van der Waals surface area contributed by atoms with E-state index in [9.17, 15) is 9.59 Å². The molecule has 154 valence electrons. The monoisotopic (exact) mass is 396 g/mol. The highest BCUT2D eigenvalue weighted by Gasteiger charge is 2.18. The number of nitrogens with one attached hydrogen (secondary N) is 2. The molecular formula is C22H28N4O3. The third-order valence-electron chi connectivity index (χ3n) is 5.03. The zero-order chi connectivity index (χ0) is 20.6. The lowest BCUT2D eigenvalue weighted by atomic mass is 10.00. The van der Waals surface area contributed by atoms with E-state index in [0.29, 0.717) is 36.0 Å². The van der Waals surface area contributed by atoms with Gasteiger partial charge in [0.1, 0.15) is 0 Å². The van der Waals surface area contributed by atoms with Crippen molar-refractivity contribution in [1.29, 1.82) is 0 Å². The van der Waals surface area contributed by atoms with Crippen LogP contribution >= 0.6 is 0 Å². The summed E-state index contributed by atoms with van der Waals surface area (Å²) in [6.07, 6.45) is 1.82. The van der Waals surface area contributed by atoms with E-state index in [2.05, 4.69) is 22.6 Å². The van der Waals surface area contributed by atoms with Gasteiger partial charge in [-0.2, -0.15) is 0 Å². The standard InChI is InChI=1S/C22H28N4O3/c1-26-12-4-5-17(14-26)15-29-22(28)24-13-16-8-10-18(11-9-16)21(27)25-20-7-3-2-6-19(20)23/h2-3,6-11,17H,4-5,12-15,23H2,1H3,(H,24,28)(H,25,27). The first-order valence-corrected chi connectivity index (χ1v) is 9.85. The van der Waals surface area contributed by atoms with Gasteiger partial charge in [0, 0.05) is 24.6 Å². The lowest BCUT2D eigenvalue weighted by molar-refractivity contribution is 0.0975. The number of hydrogen-bond donors (Lipinski definition) is 3. The molecule has 2 aromatic rings. The number of piperidine rings is 1. The number of para-hydroxylation sites is 2. The highest BCUT2D eigenvalue weighted by molar-refractivity contribution is 6.05. The van der Waals surface area contributed by atoms with Crippen molar-refractivity contribution in [2.45, 2.75) is 19.4 Å². The van der Waals surface area contributed by atoms with Crippen molar-refractivity contribution >= 4 is 23.4 Å². The van der Waals surface area contributed by atoms with E-state index in [1.54, 1.807) is 36.4 Å². The van der Waals surface area contributed by atoms with Crippen LogP contribution in [0.5, 0.6) is 0 Å². The molecule has 1 aliphatic rings. The maximum atomic E-state index is 12.3. The molecule has 1 unspecified atom stereocenters. The van der Waals surface area contributed by atoms with Crippen molar-refractivity contribution in [2.24, 2.45) is 5.92 Å². The number of rotatable bonds is 6. The van der Waals surface area contributed by atoms with Crippen LogP contribution in [0.15, 0.2) is 48.5 Å². The summed E-state index contributed by atoms with van der Waals surface area (Å²) in [7, 11) is 2.09. The van der Waals surface area contributed by atoms with Crippen molar-refractivity contribution in [2.75, 3.05) is 37.8 Å². The Hall–Kier alpha value is -3.06. The number of nitrogens with zero attached hydrogens (tertiary/aromatic N) is 1. The van der Waals surface area contributed by atoms with Crippen molar-refractivity contribution in [3.05, 3.63) is 59.7 Å². The second-order valence-electron chi connectivity index (χ2n) is 7.46. The molecule has 29 heavy (non-hydrogen) atoms. The van der Waals surface area contributed by atoms with Crippen LogP contribution in [0.4, 0.5) is 16.2 Å². The summed E-state index contributed by atoms with van der Waals surface area (Å²) < 4.78 is 5.34. The van der Waals surface area contributed by atoms with Crippen LogP contribution in [0.1, 0.15) is 28.8 Å². The lowest BCUT2D eigenvalue weighted by Gasteiger charge is -2.29. The number of benzene rings is 2. The van der Waals surface area contributed by atoms with Gasteiger partial charge in [0.15, 0.2) is 0 Å². The summed E-state index contributed by atoms with van der Waals surface area (Å²) in [5.74, 6) is 0.162. The quantitative estimate of drug-likeness (QED) is 0.652. The number of carbonyl (C=O) groups is 2. The van der Waals surface area contributed by atoms with Gasteiger partial charge in [0.2, 0.25) is 0 Å². The Balaban J connectivity index is 1.43. The van der Waals surface area contributed by atoms with Gasteiger partial charge in [-0.05, 0) is 56.3 Å². The Morgan fingerprint density at radius 1 is 1.17 bits per heavy atom. The number of alkyl carbamates (subject to hydrolysis) is 1. The molecule has 0 bridgehead atoms. The van der Waals surface area contributed by atoms with Gasteiger partial charge in [-0.15, -0.1) is 0 Å². The largest absolute Gasteiger partial charge is 0.449 e. The molecule has 3 rings (SSSR count). The summed E-state index contributed by atoms with van der Waals surface area (Å²) in [6, 6.07) is 14.2. The van der Waals surface area contributed by atoms with Crippen molar-refractivity contribution in [1.82, 2.24) is 10.2 Å². The normalized spacial score (nSPS) is 16.8. The van der Waals surface area contributed by atoms with E-state index < -0.39 is 6.09 Å². The Morgan fingerprint density at radius 2 is 1.93 bits per heavy atom. The molecule has 2 aromatic carbocycles. The molecule has 2 amide bonds. The number of ether oxygens (including phenoxy) is 1. The molecule has 1 saturated heterocycles. The van der Waals surface area contributed by atoms with E-state index in [1.807, 2.05) is 12.1 Å². The molecule has 7 heteroatoms. The smallest absolute Gasteiger partial charge is 0.407 e. The van der Waals surface area contributed by atoms with Crippen molar-refractivity contribution < 1.29 is 14.3 Å². The topological polar surface area (TPSA) is 96.7 Å². The lowest BCUT2D eigenvalue weighted by Crippen LogP contribution is -2.35. The first-order valence-electron chi connectivity index (χ1n) is 9.85.